The van der Waals surface area contributed by atoms with Crippen molar-refractivity contribution < 1.29 is 14.3 Å². The van der Waals surface area contributed by atoms with Gasteiger partial charge in [0.05, 0.1) is 19.9 Å². The lowest BCUT2D eigenvalue weighted by Gasteiger charge is -2.13. The van der Waals surface area contributed by atoms with Crippen LogP contribution < -0.4 is 20.1 Å². The first-order valence-corrected chi connectivity index (χ1v) is 7.50. The summed E-state index contributed by atoms with van der Waals surface area (Å²) >= 11 is 11.9. The molecule has 0 spiro atoms. The van der Waals surface area contributed by atoms with Crippen molar-refractivity contribution in [1.29, 1.82) is 0 Å². The van der Waals surface area contributed by atoms with E-state index in [0.29, 0.717) is 27.2 Å². The van der Waals surface area contributed by atoms with Gasteiger partial charge in [0.1, 0.15) is 11.5 Å². The number of halogens is 2. The molecule has 0 aliphatic heterocycles. The Morgan fingerprint density at radius 1 is 1.09 bits per heavy atom. The molecular weight excluding hydrogens is 339 g/mol. The second-order valence-corrected chi connectivity index (χ2v) is 5.45. The van der Waals surface area contributed by atoms with Gasteiger partial charge in [-0.15, -0.1) is 0 Å². The molecule has 0 saturated heterocycles. The van der Waals surface area contributed by atoms with E-state index in [-0.39, 0.29) is 12.6 Å². The summed E-state index contributed by atoms with van der Waals surface area (Å²) in [6.45, 7) is 0.278. The first-order valence-electron chi connectivity index (χ1n) is 6.74. The lowest BCUT2D eigenvalue weighted by molar-refractivity contribution is 0.251. The first kappa shape index (κ1) is 17.2. The molecule has 7 heteroatoms. The molecular formula is C16H16Cl2N2O3. The zero-order valence-electron chi connectivity index (χ0n) is 12.7. The number of ether oxygens (including phenoxy) is 2. The van der Waals surface area contributed by atoms with Crippen LogP contribution in [-0.2, 0) is 6.54 Å². The van der Waals surface area contributed by atoms with E-state index in [9.17, 15) is 4.79 Å². The van der Waals surface area contributed by atoms with Crippen LogP contribution in [0.2, 0.25) is 10.0 Å². The number of urea groups is 1. The highest BCUT2D eigenvalue weighted by Crippen LogP contribution is 2.29. The number of rotatable bonds is 5. The number of hydrogen-bond donors (Lipinski definition) is 2. The van der Waals surface area contributed by atoms with E-state index < -0.39 is 0 Å². The largest absolute Gasteiger partial charge is 0.497 e. The first-order chi connectivity index (χ1) is 11.0. The number of methoxy groups -OCH3 is 2. The normalized spacial score (nSPS) is 10.1. The minimum Gasteiger partial charge on any atom is -0.497 e. The van der Waals surface area contributed by atoms with Crippen molar-refractivity contribution in [2.45, 2.75) is 6.54 Å². The van der Waals surface area contributed by atoms with Gasteiger partial charge >= 0.3 is 6.03 Å². The summed E-state index contributed by atoms with van der Waals surface area (Å²) in [5.74, 6) is 1.14. The van der Waals surface area contributed by atoms with Gasteiger partial charge < -0.3 is 20.1 Å². The highest BCUT2D eigenvalue weighted by Gasteiger charge is 2.09. The molecule has 122 valence electrons. The Hall–Kier alpha value is -2.11. The fourth-order valence-electron chi connectivity index (χ4n) is 1.91. The molecule has 0 heterocycles. The maximum absolute atomic E-state index is 12.0. The Morgan fingerprint density at radius 2 is 1.87 bits per heavy atom. The predicted molar refractivity (Wildman–Crippen MR) is 91.9 cm³/mol. The van der Waals surface area contributed by atoms with Crippen LogP contribution in [0.5, 0.6) is 11.5 Å². The zero-order valence-corrected chi connectivity index (χ0v) is 14.2. The van der Waals surface area contributed by atoms with Gasteiger partial charge in [-0.2, -0.15) is 0 Å². The van der Waals surface area contributed by atoms with E-state index in [1.807, 2.05) is 0 Å². The van der Waals surface area contributed by atoms with Crippen molar-refractivity contribution in [3.05, 3.63) is 52.0 Å². The van der Waals surface area contributed by atoms with Crippen molar-refractivity contribution in [3.63, 3.8) is 0 Å². The molecule has 0 atom stereocenters. The fraction of sp³-hybridized carbons (Fsp3) is 0.188. The summed E-state index contributed by atoms with van der Waals surface area (Å²) in [6, 6.07) is 9.85. The van der Waals surface area contributed by atoms with Gasteiger partial charge in [-0.3, -0.25) is 0 Å². The molecule has 0 fully saturated rings. The van der Waals surface area contributed by atoms with Gasteiger partial charge in [0.15, 0.2) is 0 Å². The second kappa shape index (κ2) is 7.94. The van der Waals surface area contributed by atoms with Crippen molar-refractivity contribution in [3.8, 4) is 11.5 Å². The molecule has 2 amide bonds. The van der Waals surface area contributed by atoms with Gasteiger partial charge in [0, 0.05) is 22.7 Å². The third-order valence-corrected chi connectivity index (χ3v) is 3.70. The fourth-order valence-corrected chi connectivity index (χ4v) is 2.38. The summed E-state index contributed by atoms with van der Waals surface area (Å²) in [5.41, 5.74) is 1.31. The summed E-state index contributed by atoms with van der Waals surface area (Å²) in [4.78, 5) is 12.0. The molecule has 23 heavy (non-hydrogen) atoms. The summed E-state index contributed by atoms with van der Waals surface area (Å²) < 4.78 is 10.3. The van der Waals surface area contributed by atoms with Crippen molar-refractivity contribution in [2.75, 3.05) is 19.5 Å². The number of carbonyl (C=O) groups is 1. The average Bonchev–Trinajstić information content (AvgIpc) is 2.54. The maximum atomic E-state index is 12.0. The Morgan fingerprint density at radius 3 is 2.52 bits per heavy atom. The van der Waals surface area contributed by atoms with Crippen LogP contribution in [0.25, 0.3) is 0 Å². The number of anilines is 1. The van der Waals surface area contributed by atoms with Gasteiger partial charge in [0.2, 0.25) is 0 Å². The Balaban J connectivity index is 1.99. The molecule has 0 radical (unpaired) electrons. The number of amides is 2. The molecule has 5 nitrogen and oxygen atoms in total. The standard InChI is InChI=1S/C16H16Cl2N2O3/c1-22-12-5-6-14(15(8-12)23-2)20-16(21)19-9-10-3-4-11(17)7-13(10)18/h3-8H,9H2,1-2H3,(H2,19,20,21). The number of hydrogen-bond acceptors (Lipinski definition) is 3. The lowest BCUT2D eigenvalue weighted by atomic mass is 10.2. The number of carbonyl (C=O) groups excluding carboxylic acids is 1. The third-order valence-electron chi connectivity index (χ3n) is 3.11. The molecule has 0 aliphatic rings. The number of benzene rings is 2. The number of nitrogens with one attached hydrogen (secondary N) is 2. The van der Waals surface area contributed by atoms with E-state index in [2.05, 4.69) is 10.6 Å². The summed E-state index contributed by atoms with van der Waals surface area (Å²) in [5, 5.41) is 6.48. The van der Waals surface area contributed by atoms with Crippen LogP contribution in [0.4, 0.5) is 10.5 Å². The Bertz CT molecular complexity index is 708. The second-order valence-electron chi connectivity index (χ2n) is 4.61. The molecule has 0 aliphatic carbocycles. The smallest absolute Gasteiger partial charge is 0.319 e. The maximum Gasteiger partial charge on any atom is 0.319 e. The molecule has 2 rings (SSSR count). The van der Waals surface area contributed by atoms with E-state index in [1.54, 1.807) is 43.5 Å². The van der Waals surface area contributed by atoms with Crippen molar-refractivity contribution in [2.24, 2.45) is 0 Å². The Kier molecular flexibility index (Phi) is 5.96. The van der Waals surface area contributed by atoms with Gasteiger partial charge in [0.25, 0.3) is 0 Å². The summed E-state index contributed by atoms with van der Waals surface area (Å²) in [7, 11) is 3.08. The minimum absolute atomic E-state index is 0.278. The third kappa shape index (κ3) is 4.68. The van der Waals surface area contributed by atoms with E-state index >= 15 is 0 Å². The lowest BCUT2D eigenvalue weighted by Crippen LogP contribution is -2.28. The molecule has 2 aromatic carbocycles. The van der Waals surface area contributed by atoms with Crippen molar-refractivity contribution in [1.82, 2.24) is 5.32 Å². The quantitative estimate of drug-likeness (QED) is 0.839. The van der Waals surface area contributed by atoms with Crippen LogP contribution in [-0.4, -0.2) is 20.3 Å². The van der Waals surface area contributed by atoms with E-state index in [0.717, 1.165) is 5.56 Å². The summed E-state index contributed by atoms with van der Waals surface area (Å²) in [6.07, 6.45) is 0. The Labute approximate surface area is 144 Å². The molecule has 0 saturated carbocycles. The van der Waals surface area contributed by atoms with Crippen LogP contribution in [0.15, 0.2) is 36.4 Å². The van der Waals surface area contributed by atoms with Crippen LogP contribution >= 0.6 is 23.2 Å². The van der Waals surface area contributed by atoms with E-state index in [4.69, 9.17) is 32.7 Å². The van der Waals surface area contributed by atoms with Gasteiger partial charge in [-0.1, -0.05) is 29.3 Å². The minimum atomic E-state index is -0.375. The molecule has 0 unspecified atom stereocenters. The van der Waals surface area contributed by atoms with E-state index in [1.165, 1.54) is 7.11 Å². The topological polar surface area (TPSA) is 59.6 Å². The zero-order chi connectivity index (χ0) is 16.8. The SMILES string of the molecule is COc1ccc(NC(=O)NCc2ccc(Cl)cc2Cl)c(OC)c1. The van der Waals surface area contributed by atoms with Crippen LogP contribution in [0, 0.1) is 0 Å². The molecule has 0 aromatic heterocycles. The molecule has 0 bridgehead atoms. The monoisotopic (exact) mass is 354 g/mol. The van der Waals surface area contributed by atoms with Crippen LogP contribution in [0.3, 0.4) is 0 Å². The van der Waals surface area contributed by atoms with Crippen molar-refractivity contribution >= 4 is 34.9 Å². The van der Waals surface area contributed by atoms with Crippen LogP contribution in [0.1, 0.15) is 5.56 Å². The molecule has 2 N–H and O–H groups in total. The predicted octanol–water partition coefficient (Wildman–Crippen LogP) is 4.33. The highest BCUT2D eigenvalue weighted by molar-refractivity contribution is 6.35. The van der Waals surface area contributed by atoms with Gasteiger partial charge in [-0.25, -0.2) is 4.79 Å². The highest BCUT2D eigenvalue weighted by atomic mass is 35.5. The average molecular weight is 355 g/mol. The molecule has 2 aromatic rings. The van der Waals surface area contributed by atoms with Gasteiger partial charge in [-0.05, 0) is 29.8 Å².